The summed E-state index contributed by atoms with van der Waals surface area (Å²) in [7, 11) is 1.05. The summed E-state index contributed by atoms with van der Waals surface area (Å²) in [6.07, 6.45) is 0. The molecular weight excluding hydrogens is 362 g/mol. The van der Waals surface area contributed by atoms with Crippen molar-refractivity contribution in [3.05, 3.63) is 34.9 Å². The molecule has 0 aromatic heterocycles. The van der Waals surface area contributed by atoms with Crippen molar-refractivity contribution in [1.82, 2.24) is 0 Å². The zero-order valence-corrected chi connectivity index (χ0v) is 16.4. The van der Waals surface area contributed by atoms with Gasteiger partial charge in [0.05, 0.1) is 12.7 Å². The van der Waals surface area contributed by atoms with Gasteiger partial charge in [0.2, 0.25) is 0 Å². The Morgan fingerprint density at radius 3 is 1.52 bits per heavy atom. The number of ether oxygens (including phenoxy) is 3. The highest BCUT2D eigenvalue weighted by Crippen LogP contribution is 2.30. The molecule has 0 bridgehead atoms. The van der Waals surface area contributed by atoms with Crippen LogP contribution in [-0.4, -0.2) is 36.2 Å². The molecule has 0 aliphatic carbocycles. The van der Waals surface area contributed by atoms with Gasteiger partial charge in [0, 0.05) is 5.56 Å². The summed E-state index contributed by atoms with van der Waals surface area (Å²) in [5, 5.41) is 0. The summed E-state index contributed by atoms with van der Waals surface area (Å²) >= 11 is 0. The second-order valence-corrected chi connectivity index (χ2v) is 7.85. The molecule has 0 aliphatic rings. The molecule has 0 N–H and O–H groups in total. The van der Waals surface area contributed by atoms with Gasteiger partial charge in [0.1, 0.15) is 22.8 Å². The molecular formula is C19H24F2O6. The van der Waals surface area contributed by atoms with E-state index < -0.39 is 57.8 Å². The van der Waals surface area contributed by atoms with Crippen LogP contribution in [0.15, 0.2) is 12.1 Å². The largest absolute Gasteiger partial charge is 0.465 e. The monoisotopic (exact) mass is 386 g/mol. The lowest BCUT2D eigenvalue weighted by Crippen LogP contribution is -2.36. The van der Waals surface area contributed by atoms with Crippen LogP contribution in [-0.2, 0) is 23.8 Å². The van der Waals surface area contributed by atoms with Gasteiger partial charge >= 0.3 is 17.9 Å². The molecule has 1 aromatic carbocycles. The Morgan fingerprint density at radius 2 is 1.22 bits per heavy atom. The number of benzene rings is 1. The first kappa shape index (κ1) is 22.5. The maximum absolute atomic E-state index is 14.6. The molecule has 0 saturated carbocycles. The lowest BCUT2D eigenvalue weighted by molar-refractivity contribution is -0.169. The number of hydrogen-bond donors (Lipinski definition) is 0. The van der Waals surface area contributed by atoms with E-state index in [4.69, 9.17) is 9.47 Å². The Balaban J connectivity index is 3.49. The third-order valence-corrected chi connectivity index (χ3v) is 3.07. The van der Waals surface area contributed by atoms with Crippen molar-refractivity contribution in [3.63, 3.8) is 0 Å². The molecule has 0 aliphatic heterocycles. The molecule has 8 heteroatoms. The molecule has 0 fully saturated rings. The van der Waals surface area contributed by atoms with Gasteiger partial charge in [0.15, 0.2) is 5.92 Å². The number of halogens is 2. The molecule has 1 rings (SSSR count). The maximum Gasteiger partial charge on any atom is 0.338 e. The van der Waals surface area contributed by atoms with Crippen LogP contribution in [0.2, 0.25) is 0 Å². The van der Waals surface area contributed by atoms with Gasteiger partial charge in [-0.25, -0.2) is 13.6 Å². The Hall–Kier alpha value is -2.51. The van der Waals surface area contributed by atoms with E-state index in [-0.39, 0.29) is 0 Å². The summed E-state index contributed by atoms with van der Waals surface area (Å²) in [6, 6.07) is 1.37. The topological polar surface area (TPSA) is 78.9 Å². The second-order valence-electron chi connectivity index (χ2n) is 7.85. The fraction of sp³-hybridized carbons (Fsp3) is 0.526. The number of esters is 3. The fourth-order valence-corrected chi connectivity index (χ4v) is 2.15. The highest BCUT2D eigenvalue weighted by atomic mass is 19.1. The lowest BCUT2D eigenvalue weighted by atomic mass is 9.95. The zero-order chi connectivity index (χ0) is 21.2. The molecule has 1 aromatic rings. The molecule has 0 atom stereocenters. The van der Waals surface area contributed by atoms with Crippen molar-refractivity contribution in [2.45, 2.75) is 58.7 Å². The highest BCUT2D eigenvalue weighted by Gasteiger charge is 2.40. The van der Waals surface area contributed by atoms with E-state index in [0.717, 1.165) is 7.11 Å². The Kier molecular flexibility index (Phi) is 6.69. The number of carbonyl (C=O) groups excluding carboxylic acids is 3. The van der Waals surface area contributed by atoms with Gasteiger partial charge in [-0.15, -0.1) is 0 Å². The summed E-state index contributed by atoms with van der Waals surface area (Å²) in [4.78, 5) is 36.5. The lowest BCUT2D eigenvalue weighted by Gasteiger charge is -2.26. The zero-order valence-electron chi connectivity index (χ0n) is 16.4. The molecule has 0 unspecified atom stereocenters. The van der Waals surface area contributed by atoms with Crippen LogP contribution < -0.4 is 0 Å². The minimum absolute atomic E-state index is 0.400. The maximum atomic E-state index is 14.6. The van der Waals surface area contributed by atoms with E-state index in [1.165, 1.54) is 0 Å². The number of rotatable bonds is 4. The number of methoxy groups -OCH3 is 1. The molecule has 6 nitrogen and oxygen atoms in total. The van der Waals surface area contributed by atoms with Crippen molar-refractivity contribution in [3.8, 4) is 0 Å². The van der Waals surface area contributed by atoms with E-state index in [0.29, 0.717) is 12.1 Å². The van der Waals surface area contributed by atoms with Crippen molar-refractivity contribution >= 4 is 17.9 Å². The van der Waals surface area contributed by atoms with Crippen molar-refractivity contribution < 1.29 is 37.4 Å². The van der Waals surface area contributed by atoms with Gasteiger partial charge in [0.25, 0.3) is 0 Å². The van der Waals surface area contributed by atoms with Crippen molar-refractivity contribution in [2.75, 3.05) is 7.11 Å². The quantitative estimate of drug-likeness (QED) is 0.448. The molecule has 0 amide bonds. The predicted molar refractivity (Wildman–Crippen MR) is 92.1 cm³/mol. The van der Waals surface area contributed by atoms with Crippen LogP contribution in [0.1, 0.15) is 63.4 Å². The minimum atomic E-state index is -1.99. The standard InChI is InChI=1S/C19H24F2O6/c1-18(2,3)26-16(23)14(17(24)27-19(4,5)6)13-11(20)8-10(9-12(13)21)15(22)25-7/h8-9,14H,1-7H3. The van der Waals surface area contributed by atoms with Gasteiger partial charge in [-0.2, -0.15) is 0 Å². The third-order valence-electron chi connectivity index (χ3n) is 3.07. The Bertz CT molecular complexity index is 693. The number of carbonyl (C=O) groups is 3. The Morgan fingerprint density at radius 1 is 0.852 bits per heavy atom. The molecule has 0 heterocycles. The highest BCUT2D eigenvalue weighted by molar-refractivity contribution is 6.01. The van der Waals surface area contributed by atoms with Crippen LogP contribution in [0.5, 0.6) is 0 Å². The smallest absolute Gasteiger partial charge is 0.338 e. The van der Waals surface area contributed by atoms with Crippen LogP contribution in [0, 0.1) is 11.6 Å². The molecule has 0 saturated heterocycles. The van der Waals surface area contributed by atoms with Crippen LogP contribution in [0.4, 0.5) is 8.78 Å². The first-order valence-electron chi connectivity index (χ1n) is 8.19. The summed E-state index contributed by atoms with van der Waals surface area (Å²) in [5.41, 5.74) is -3.26. The van der Waals surface area contributed by atoms with Gasteiger partial charge < -0.3 is 14.2 Å². The van der Waals surface area contributed by atoms with E-state index in [2.05, 4.69) is 4.74 Å². The van der Waals surface area contributed by atoms with Gasteiger partial charge in [-0.05, 0) is 53.7 Å². The molecule has 0 radical (unpaired) electrons. The number of hydrogen-bond acceptors (Lipinski definition) is 6. The van der Waals surface area contributed by atoms with Crippen molar-refractivity contribution in [2.24, 2.45) is 0 Å². The average molecular weight is 386 g/mol. The normalized spacial score (nSPS) is 11.9. The third kappa shape index (κ3) is 6.30. The van der Waals surface area contributed by atoms with E-state index in [1.54, 1.807) is 41.5 Å². The first-order chi connectivity index (χ1) is 12.2. The van der Waals surface area contributed by atoms with Gasteiger partial charge in [-0.1, -0.05) is 0 Å². The SMILES string of the molecule is COC(=O)c1cc(F)c(C(C(=O)OC(C)(C)C)C(=O)OC(C)(C)C)c(F)c1. The summed E-state index contributed by atoms with van der Waals surface area (Å²) < 4.78 is 43.8. The van der Waals surface area contributed by atoms with E-state index in [9.17, 15) is 23.2 Å². The van der Waals surface area contributed by atoms with Crippen molar-refractivity contribution in [1.29, 1.82) is 0 Å². The average Bonchev–Trinajstić information content (AvgIpc) is 2.45. The molecule has 150 valence electrons. The van der Waals surface area contributed by atoms with Crippen LogP contribution in [0.3, 0.4) is 0 Å². The molecule has 27 heavy (non-hydrogen) atoms. The molecule has 0 spiro atoms. The minimum Gasteiger partial charge on any atom is -0.465 e. The van der Waals surface area contributed by atoms with E-state index in [1.807, 2.05) is 0 Å². The van der Waals surface area contributed by atoms with Crippen LogP contribution >= 0.6 is 0 Å². The fourth-order valence-electron chi connectivity index (χ4n) is 2.15. The van der Waals surface area contributed by atoms with E-state index >= 15 is 0 Å². The summed E-state index contributed by atoms with van der Waals surface area (Å²) in [5.74, 6) is -7.82. The summed E-state index contributed by atoms with van der Waals surface area (Å²) in [6.45, 7) is 9.27. The Labute approximate surface area is 156 Å². The van der Waals surface area contributed by atoms with Crippen LogP contribution in [0.25, 0.3) is 0 Å². The van der Waals surface area contributed by atoms with Gasteiger partial charge in [-0.3, -0.25) is 9.59 Å². The first-order valence-corrected chi connectivity index (χ1v) is 8.19. The second kappa shape index (κ2) is 8.02. The predicted octanol–water partition coefficient (Wildman–Crippen LogP) is 3.52.